The Bertz CT molecular complexity index is 77.7. The summed E-state index contributed by atoms with van der Waals surface area (Å²) in [5.74, 6) is -1.16. The molecule has 5 heteroatoms. The molecule has 0 fully saturated rings. The predicted molar refractivity (Wildman–Crippen MR) is 24.8 cm³/mol. The van der Waals surface area contributed by atoms with E-state index in [4.69, 9.17) is 16.6 Å². The molecule has 0 amide bonds. The second kappa shape index (κ2) is 3.58. The minimum Gasteiger partial charge on any atom is -0.664 e. The molecule has 0 saturated carbocycles. The number of rotatable bonds is 2. The number of carbonyl (C=O) groups is 1. The average Bonchev–Trinajstić information content (AvgIpc) is 1.65. The molecule has 0 aromatic rings. The fraction of sp³-hybridized carbons (Fsp3) is 0.667. The van der Waals surface area contributed by atoms with Crippen molar-refractivity contribution in [1.29, 1.82) is 0 Å². The summed E-state index contributed by atoms with van der Waals surface area (Å²) in [6.07, 6.45) is 0. The third-order valence-electron chi connectivity index (χ3n) is 0.534. The van der Waals surface area contributed by atoms with E-state index >= 15 is 0 Å². The molecule has 8 heavy (non-hydrogen) atoms. The summed E-state index contributed by atoms with van der Waals surface area (Å²) in [7, 11) is 0. The van der Waals surface area contributed by atoms with Gasteiger partial charge in [0.2, 0.25) is 0 Å². The molecule has 0 aromatic heterocycles. The van der Waals surface area contributed by atoms with E-state index in [1.807, 2.05) is 0 Å². The van der Waals surface area contributed by atoms with Crippen LogP contribution in [0.5, 0.6) is 0 Å². The van der Waals surface area contributed by atoms with Gasteiger partial charge in [0.1, 0.15) is 0 Å². The van der Waals surface area contributed by atoms with Gasteiger partial charge in [-0.25, -0.2) is 0 Å². The van der Waals surface area contributed by atoms with E-state index in [0.717, 1.165) is 0 Å². The quantitative estimate of drug-likeness (QED) is 0.682. The number of carboxylic acid groups (broad SMARTS) is 1. The van der Waals surface area contributed by atoms with Crippen molar-refractivity contribution in [2.24, 2.45) is 5.73 Å². The van der Waals surface area contributed by atoms with Crippen LogP contribution in [-0.2, 0) is 4.79 Å². The minimum absolute atomic E-state index is 0. The standard InChI is InChI=1S/C3H7N2O2.Sg/c4-1-2(5)3(6)7;/h2,5H,1,4H2,(H,6,7);/q-1;. The van der Waals surface area contributed by atoms with Gasteiger partial charge >= 0.3 is 0 Å². The number of nitrogens with two attached hydrogens (primary N) is 1. The Morgan fingerprint density at radius 3 is 2.25 bits per heavy atom. The molecule has 0 radical (unpaired) electrons. The van der Waals surface area contributed by atoms with E-state index in [0.29, 0.717) is 0 Å². The fourth-order valence-corrected chi connectivity index (χ4v) is 0.101. The third-order valence-corrected chi connectivity index (χ3v) is 0.534. The second-order valence-corrected chi connectivity index (χ2v) is 1.13. The number of nitrogens with one attached hydrogen (secondary N) is 1. The fourth-order valence-electron chi connectivity index (χ4n) is 0.101. The Balaban J connectivity index is 0. The van der Waals surface area contributed by atoms with E-state index < -0.39 is 12.0 Å². The maximum absolute atomic E-state index is 9.66. The normalized spacial score (nSPS) is 11.8. The van der Waals surface area contributed by atoms with Gasteiger partial charge < -0.3 is 16.6 Å². The first-order valence-corrected chi connectivity index (χ1v) is 1.82. The summed E-state index contributed by atoms with van der Waals surface area (Å²) >= 11 is 0. The average molecular weight is 372 g/mol. The Labute approximate surface area is 41.1 Å². The van der Waals surface area contributed by atoms with Crippen LogP contribution in [-0.4, -0.2) is 23.7 Å². The monoisotopic (exact) mass is 374 g/mol. The van der Waals surface area contributed by atoms with Gasteiger partial charge in [0, 0.05) is 0 Å². The zero-order valence-corrected chi connectivity index (χ0v) is 10.9. The first kappa shape index (κ1) is 9.63. The molecule has 0 aliphatic rings. The van der Waals surface area contributed by atoms with Crippen LogP contribution in [0.4, 0.5) is 0 Å². The summed E-state index contributed by atoms with van der Waals surface area (Å²) in [5, 5.41) is 7.91. The van der Waals surface area contributed by atoms with Gasteiger partial charge in [-0.1, -0.05) is 0 Å². The van der Waals surface area contributed by atoms with Gasteiger partial charge in [-0.2, -0.15) is 0 Å². The summed E-state index contributed by atoms with van der Waals surface area (Å²) in [5.41, 5.74) is 11.4. The van der Waals surface area contributed by atoms with Gasteiger partial charge in [-0.15, -0.1) is 0 Å². The molecule has 0 rings (SSSR count). The molecule has 0 bridgehead atoms. The Hall–Kier alpha value is -1.61. The Kier molecular flexibility index (Phi) is 4.31. The molecule has 0 heterocycles. The summed E-state index contributed by atoms with van der Waals surface area (Å²) in [4.78, 5) is 9.66. The number of hydrogen-bond donors (Lipinski definition) is 2. The first-order valence-electron chi connectivity index (χ1n) is 1.82. The third kappa shape index (κ3) is 2.62. The van der Waals surface area contributed by atoms with E-state index in [9.17, 15) is 4.79 Å². The van der Waals surface area contributed by atoms with E-state index in [-0.39, 0.29) is 6.54 Å². The van der Waals surface area contributed by atoms with Crippen LogP contribution in [0.15, 0.2) is 0 Å². The smallest absolute Gasteiger partial charge is 0.286 e. The van der Waals surface area contributed by atoms with Crippen molar-refractivity contribution < 1.29 is 9.90 Å². The van der Waals surface area contributed by atoms with Gasteiger partial charge in [0.05, 0.1) is 0 Å². The van der Waals surface area contributed by atoms with Crippen LogP contribution in [0.1, 0.15) is 0 Å². The van der Waals surface area contributed by atoms with Crippen LogP contribution in [0.25, 0.3) is 5.73 Å². The van der Waals surface area contributed by atoms with Crippen molar-refractivity contribution in [3.63, 3.8) is 0 Å². The van der Waals surface area contributed by atoms with Crippen molar-refractivity contribution in [2.45, 2.75) is 6.04 Å². The van der Waals surface area contributed by atoms with Crippen molar-refractivity contribution in [2.75, 3.05) is 6.54 Å². The summed E-state index contributed by atoms with van der Waals surface area (Å²) in [6, 6.07) is -1.15. The molecule has 1 unspecified atom stereocenters. The van der Waals surface area contributed by atoms with Crippen LogP contribution in [0.2, 0.25) is 0 Å². The van der Waals surface area contributed by atoms with Crippen molar-refractivity contribution in [1.82, 2.24) is 0 Å². The topological polar surface area (TPSA) is 87.1 Å². The molecule has 0 aliphatic heterocycles. The number of aliphatic carboxylic acids is 1. The molecule has 0 saturated heterocycles. The van der Waals surface area contributed by atoms with Gasteiger partial charge in [0.25, 0.3) is 5.97 Å². The molecule has 0 spiro atoms. The van der Waals surface area contributed by atoms with E-state index in [1.54, 1.807) is 0 Å². The van der Waals surface area contributed by atoms with E-state index in [2.05, 4.69) is 0 Å². The number of carboxylic acids is 1. The van der Waals surface area contributed by atoms with Crippen molar-refractivity contribution in [3.05, 3.63) is 5.73 Å². The van der Waals surface area contributed by atoms with Crippen LogP contribution >= 0.6 is 0 Å². The van der Waals surface area contributed by atoms with Gasteiger partial charge in [0.15, 0.2) is 0 Å². The molecule has 0 aromatic carbocycles. The van der Waals surface area contributed by atoms with Crippen molar-refractivity contribution in [3.8, 4) is 0 Å². The van der Waals surface area contributed by atoms with Crippen LogP contribution in [0.3, 0.4) is 0 Å². The summed E-state index contributed by atoms with van der Waals surface area (Å²) in [6.45, 7) is -0.116. The van der Waals surface area contributed by atoms with E-state index in [1.165, 1.54) is 0 Å². The maximum Gasteiger partial charge on any atom is 0.286 e. The molecule has 4 N–H and O–H groups in total. The van der Waals surface area contributed by atoms with Crippen molar-refractivity contribution >= 4 is 5.97 Å². The molecular formula is C3H7N2O2Sg-. The zero-order valence-electron chi connectivity index (χ0n) is 4.42. The largest absolute Gasteiger partial charge is 0.664 e. The molecular weight excluding hydrogens is 365 g/mol. The first-order chi connectivity index (χ1) is 3.18. The van der Waals surface area contributed by atoms with Crippen LogP contribution in [0, 0.1) is 0 Å². The minimum atomic E-state index is -1.16. The molecule has 1 atom stereocenters. The number of hydrogen-bond acceptors (Lipinski definition) is 2. The maximum atomic E-state index is 9.66. The zero-order chi connectivity index (χ0) is 5.86. The SMILES string of the molecule is [NH-]C(CN)C(=O)O.[Sg]. The second-order valence-electron chi connectivity index (χ2n) is 1.13. The summed E-state index contributed by atoms with van der Waals surface area (Å²) < 4.78 is 0. The molecule has 44 valence electrons. The Morgan fingerprint density at radius 2 is 2.25 bits per heavy atom. The Morgan fingerprint density at radius 1 is 1.88 bits per heavy atom. The molecule has 4 nitrogen and oxygen atoms in total. The van der Waals surface area contributed by atoms with Gasteiger partial charge in [-0.3, -0.25) is 4.79 Å². The van der Waals surface area contributed by atoms with Gasteiger partial charge in [-0.05, 0) is 12.6 Å². The molecule has 0 aliphatic carbocycles. The predicted octanol–water partition coefficient (Wildman–Crippen LogP) is -0.549. The van der Waals surface area contributed by atoms with Crippen LogP contribution < -0.4 is 5.73 Å².